The van der Waals surface area contributed by atoms with E-state index in [1.54, 1.807) is 39.5 Å². The SMILES string of the molecule is C.C.C.C.C.C.C.C.C.C=Cc1ccccc1.CC.CC.CC.CC.CC.CC1=CC(=O)OC1=O.CN1CC1.CN1CCC1.CN=[N+]=[N-].O=C1C=CCO1.c1ccc2c(c1)CC2.c1ccc2c3c(ccc2c1)CC3.c1ccc2cc3c(cc2c1)CC3. The van der Waals surface area contributed by atoms with E-state index in [0.29, 0.717) is 12.2 Å². The number of likely N-dealkylation sites (N-methyl/N-ethyl adjacent to an activating group) is 1. The van der Waals surface area contributed by atoms with Crippen molar-refractivity contribution in [2.45, 2.75) is 188 Å². The fraction of sp³-hybridized carbons (Fsp3) is 0.461. The second kappa shape index (κ2) is 63.9. The first-order valence-corrected chi connectivity index (χ1v) is 27.9. The van der Waals surface area contributed by atoms with Crippen LogP contribution in [0, 0.1) is 0 Å². The zero-order valence-electron chi connectivity index (χ0n) is 49.4. The largest absolute Gasteiger partial charge is 0.458 e. The molecular formula is C76H129N5O5. The lowest BCUT2D eigenvalue weighted by Gasteiger charge is -2.24. The summed E-state index contributed by atoms with van der Waals surface area (Å²) in [5.41, 5.74) is 18.2. The fourth-order valence-corrected chi connectivity index (χ4v) is 6.95. The Bertz CT molecular complexity index is 2630. The van der Waals surface area contributed by atoms with Crippen molar-refractivity contribution in [1.82, 2.24) is 9.80 Å². The van der Waals surface area contributed by atoms with Crippen molar-refractivity contribution >= 4 is 45.5 Å². The van der Waals surface area contributed by atoms with Gasteiger partial charge >= 0.3 is 17.9 Å². The van der Waals surface area contributed by atoms with Crippen LogP contribution in [0.4, 0.5) is 0 Å². The quantitative estimate of drug-likeness (QED) is 0.0401. The number of esters is 3. The molecule has 0 aromatic heterocycles. The van der Waals surface area contributed by atoms with Crippen LogP contribution in [-0.2, 0) is 62.4 Å². The van der Waals surface area contributed by atoms with Crippen molar-refractivity contribution in [3.05, 3.63) is 207 Å². The Kier molecular flexibility index (Phi) is 75.0. The van der Waals surface area contributed by atoms with Gasteiger partial charge in [-0.05, 0) is 151 Å². The van der Waals surface area contributed by atoms with Crippen molar-refractivity contribution in [2.24, 2.45) is 5.11 Å². The van der Waals surface area contributed by atoms with E-state index in [-0.39, 0.29) is 72.8 Å². The van der Waals surface area contributed by atoms with E-state index in [4.69, 9.17) is 5.53 Å². The highest BCUT2D eigenvalue weighted by molar-refractivity contribution is 6.08. The molecule has 13 rings (SSSR count). The maximum absolute atomic E-state index is 10.3. The molecule has 10 heteroatoms. The predicted molar refractivity (Wildman–Crippen MR) is 390 cm³/mol. The molecule has 4 aliphatic heterocycles. The van der Waals surface area contributed by atoms with Gasteiger partial charge in [-0.1, -0.05) is 281 Å². The Hall–Kier alpha value is -7.10. The number of rotatable bonds is 1. The van der Waals surface area contributed by atoms with Crippen molar-refractivity contribution in [3.8, 4) is 0 Å². The lowest BCUT2D eigenvalue weighted by atomic mass is 9.84. The highest BCUT2D eigenvalue weighted by Crippen LogP contribution is 2.31. The van der Waals surface area contributed by atoms with E-state index >= 15 is 0 Å². The summed E-state index contributed by atoms with van der Waals surface area (Å²) in [6, 6.07) is 45.0. The normalized spacial score (nSPS) is 12.3. The monoisotopic (exact) mass is 1190 g/mol. The number of ether oxygens (including phenoxy) is 2. The van der Waals surface area contributed by atoms with Gasteiger partial charge in [-0.25, -0.2) is 14.4 Å². The summed E-state index contributed by atoms with van der Waals surface area (Å²) in [5, 5.41) is 8.53. The lowest BCUT2D eigenvalue weighted by molar-refractivity contribution is -0.150. The summed E-state index contributed by atoms with van der Waals surface area (Å²) < 4.78 is 8.51. The first-order chi connectivity index (χ1) is 37.6. The topological polar surface area (TPSA) is 125 Å². The maximum atomic E-state index is 10.3. The molecule has 86 heavy (non-hydrogen) atoms. The molecule has 0 bridgehead atoms. The van der Waals surface area contributed by atoms with E-state index < -0.39 is 11.9 Å². The second-order valence-electron chi connectivity index (χ2n) is 16.6. The molecule has 0 spiro atoms. The van der Waals surface area contributed by atoms with E-state index in [2.05, 4.69) is 147 Å². The molecule has 488 valence electrons. The number of azide groups is 1. The average Bonchev–Trinajstić information content (AvgIpc) is 3.63. The average molecular weight is 1190 g/mol. The van der Waals surface area contributed by atoms with Crippen LogP contribution >= 0.6 is 0 Å². The summed E-state index contributed by atoms with van der Waals surface area (Å²) in [6.45, 7) is 30.9. The van der Waals surface area contributed by atoms with Crippen LogP contribution in [0.2, 0.25) is 0 Å². The molecular weight excluding hydrogens is 1060 g/mol. The Balaban J connectivity index is -0.0000000931. The molecule has 3 aliphatic carbocycles. The Morgan fingerprint density at radius 2 is 0.895 bits per heavy atom. The smallest absolute Gasteiger partial charge is 0.341 e. The van der Waals surface area contributed by atoms with Gasteiger partial charge in [-0.2, -0.15) is 0 Å². The van der Waals surface area contributed by atoms with E-state index in [0.717, 1.165) is 0 Å². The Morgan fingerprint density at radius 1 is 0.512 bits per heavy atom. The Labute approximate surface area is 530 Å². The van der Waals surface area contributed by atoms with Gasteiger partial charge in [-0.3, -0.25) is 0 Å². The zero-order valence-corrected chi connectivity index (χ0v) is 49.4. The molecule has 10 nitrogen and oxygen atoms in total. The predicted octanol–water partition coefficient (Wildman–Crippen LogP) is 22.1. The molecule has 0 amide bonds. The van der Waals surface area contributed by atoms with Crippen LogP contribution in [0.1, 0.15) is 188 Å². The van der Waals surface area contributed by atoms with Gasteiger partial charge in [0.15, 0.2) is 0 Å². The number of cyclic esters (lactones) is 3. The third kappa shape index (κ3) is 40.3. The van der Waals surface area contributed by atoms with Gasteiger partial charge in [0.05, 0.1) is 0 Å². The fourth-order valence-electron chi connectivity index (χ4n) is 6.95. The number of nitrogens with zero attached hydrogens (tertiary/aromatic N) is 5. The lowest BCUT2D eigenvalue weighted by Crippen LogP contribution is -2.32. The third-order valence-electron chi connectivity index (χ3n) is 11.6. The number of carbonyl (C=O) groups excluding carboxylic acids is 3. The molecule has 0 atom stereocenters. The molecule has 2 fully saturated rings. The van der Waals surface area contributed by atoms with Gasteiger partial charge in [0.25, 0.3) is 0 Å². The molecule has 0 unspecified atom stereocenters. The minimum absolute atomic E-state index is 0. The molecule has 0 radical (unpaired) electrons. The van der Waals surface area contributed by atoms with Crippen molar-refractivity contribution in [2.75, 3.05) is 53.9 Å². The maximum Gasteiger partial charge on any atom is 0.341 e. The van der Waals surface area contributed by atoms with Crippen LogP contribution in [0.5, 0.6) is 0 Å². The number of fused-ring (bicyclic) bond motifs is 6. The molecule has 0 saturated carbocycles. The van der Waals surface area contributed by atoms with Gasteiger partial charge in [-0.15, -0.1) is 0 Å². The van der Waals surface area contributed by atoms with Crippen LogP contribution in [0.25, 0.3) is 38.1 Å². The molecule has 2 saturated heterocycles. The number of hydrogen-bond acceptors (Lipinski definition) is 8. The van der Waals surface area contributed by atoms with Crippen LogP contribution in [0.15, 0.2) is 163 Å². The van der Waals surface area contributed by atoms with Crippen LogP contribution < -0.4 is 0 Å². The molecule has 6 aromatic carbocycles. The third-order valence-corrected chi connectivity index (χ3v) is 11.6. The van der Waals surface area contributed by atoms with Gasteiger partial charge < -0.3 is 19.3 Å². The second-order valence-corrected chi connectivity index (χ2v) is 16.6. The molecule has 7 aliphatic rings. The summed E-state index contributed by atoms with van der Waals surface area (Å²) in [4.78, 5) is 37.3. The summed E-state index contributed by atoms with van der Waals surface area (Å²) in [7, 11) is 5.64. The standard InChI is InChI=1S/2C12H10.2C8H8.C5H4O3.C4H9N.C4H4O2.C3H7N.5C2H6.CH3N3.9CH4/c1-2-4-10-8-12-6-5-11(12)7-9(10)3-1;1-2-4-11-9(3-1)5-6-10-7-8-12(10)11;1-2-4-8-6-5-7(8)3-1;1-2-8-6-4-3-5-7-8;1-3-2-4(6)8-5(3)7;1-5-3-2-4-5;5-4-2-1-3-6-4;1-4-2-3-4;5*1-2;1-3-4-2;;;;;;;;;/h1-4,7-8H,5-6H2;1-6H,7-8H2;1-4H,5-6H2;2-7H,1H2;2H,1H3;2-4H2,1H3;1-2H,3H2;2-3H2,1H3;5*1-2H3;1H3;9*1H4. The number of hydrogen-bond donors (Lipinski definition) is 0. The summed E-state index contributed by atoms with van der Waals surface area (Å²) in [5.74, 6) is -1.32. The van der Waals surface area contributed by atoms with Gasteiger partial charge in [0.1, 0.15) is 6.61 Å². The van der Waals surface area contributed by atoms with Crippen molar-refractivity contribution in [3.63, 3.8) is 0 Å². The highest BCUT2D eigenvalue weighted by atomic mass is 16.6. The van der Waals surface area contributed by atoms with Gasteiger partial charge in [0, 0.05) is 42.8 Å². The number of carbonyl (C=O) groups is 3. The summed E-state index contributed by atoms with van der Waals surface area (Å²) in [6.07, 6.45) is 15.2. The first-order valence-electron chi connectivity index (χ1n) is 27.9. The summed E-state index contributed by atoms with van der Waals surface area (Å²) >= 11 is 0. The van der Waals surface area contributed by atoms with Crippen LogP contribution in [0.3, 0.4) is 0 Å². The zero-order chi connectivity index (χ0) is 57.8. The minimum atomic E-state index is -0.562. The van der Waals surface area contributed by atoms with E-state index in [9.17, 15) is 14.4 Å². The van der Waals surface area contributed by atoms with Crippen molar-refractivity contribution in [1.29, 1.82) is 0 Å². The van der Waals surface area contributed by atoms with Gasteiger partial charge in [0.2, 0.25) is 0 Å². The van der Waals surface area contributed by atoms with Crippen LogP contribution in [-0.4, -0.2) is 81.6 Å². The van der Waals surface area contributed by atoms with Crippen molar-refractivity contribution < 1.29 is 23.9 Å². The van der Waals surface area contributed by atoms with E-state index in [1.807, 2.05) is 106 Å². The highest BCUT2D eigenvalue weighted by Gasteiger charge is 2.19. The van der Waals surface area contributed by atoms with E-state index in [1.165, 1.54) is 124 Å². The Morgan fingerprint density at radius 3 is 1.14 bits per heavy atom. The number of aryl methyl sites for hydroxylation is 6. The number of likely N-dealkylation sites (tertiary alicyclic amines) is 1. The molecule has 4 heterocycles. The molecule has 6 aromatic rings. The molecule has 0 N–H and O–H groups in total. The minimum Gasteiger partial charge on any atom is -0.458 e. The number of benzene rings is 6. The first kappa shape index (κ1) is 101.